The smallest absolute Gasteiger partial charge is 0.308 e. The van der Waals surface area contributed by atoms with E-state index in [1.807, 2.05) is 0 Å². The fraction of sp³-hybridized carbons (Fsp3) is 0.167. The van der Waals surface area contributed by atoms with Crippen LogP contribution in [0.15, 0.2) is 41.8 Å². The van der Waals surface area contributed by atoms with E-state index in [0.717, 1.165) is 5.56 Å². The van der Waals surface area contributed by atoms with Gasteiger partial charge in [-0.3, -0.25) is 9.78 Å². The first-order valence-corrected chi connectivity index (χ1v) is 8.51. The third-order valence-corrected chi connectivity index (χ3v) is 3.90. The summed E-state index contributed by atoms with van der Waals surface area (Å²) < 4.78 is 17.6. The minimum absolute atomic E-state index is 0.201. The van der Waals surface area contributed by atoms with Crippen LogP contribution in [0.4, 0.5) is 0 Å². The number of aromatic nitrogens is 4. The molecule has 0 saturated carbocycles. The minimum Gasteiger partial charge on any atom is -0.493 e. The Kier molecular flexibility index (Phi) is 5.80. The number of carbonyl (C=O) groups excluding carboxylic acids is 1. The molecular weight excluding hydrogens is 382 g/mol. The van der Waals surface area contributed by atoms with Gasteiger partial charge in [0.05, 0.1) is 20.4 Å². The first-order chi connectivity index (χ1) is 13.5. The number of benzene rings is 1. The molecule has 28 heavy (non-hydrogen) atoms. The van der Waals surface area contributed by atoms with Crippen LogP contribution in [0.25, 0.3) is 11.4 Å². The molecule has 2 aromatic heterocycles. The van der Waals surface area contributed by atoms with Crippen LogP contribution in [-0.4, -0.2) is 46.3 Å². The number of nitrogens with zero attached hydrogens (tertiary/aromatic N) is 4. The second-order valence-electron chi connectivity index (χ2n) is 5.49. The number of hydrogen-bond donors (Lipinski definition) is 1. The summed E-state index contributed by atoms with van der Waals surface area (Å²) in [7, 11) is 2.94. The molecule has 0 unspecified atom stereocenters. The van der Waals surface area contributed by atoms with Gasteiger partial charge in [0.2, 0.25) is 10.5 Å². The van der Waals surface area contributed by atoms with Crippen LogP contribution in [0.5, 0.6) is 17.2 Å². The highest BCUT2D eigenvalue weighted by molar-refractivity contribution is 7.71. The van der Waals surface area contributed by atoms with E-state index in [0.29, 0.717) is 27.7 Å². The molecule has 1 aromatic carbocycles. The summed E-state index contributed by atoms with van der Waals surface area (Å²) in [4.78, 5) is 15.3. The van der Waals surface area contributed by atoms with Gasteiger partial charge in [0.15, 0.2) is 17.3 Å². The highest BCUT2D eigenvalue weighted by Crippen LogP contribution is 2.38. The number of H-pyrrole nitrogens is 1. The molecule has 0 amide bonds. The lowest BCUT2D eigenvalue weighted by molar-refractivity contribution is -0.132. The van der Waals surface area contributed by atoms with Crippen molar-refractivity contribution in [2.75, 3.05) is 14.2 Å². The van der Waals surface area contributed by atoms with Gasteiger partial charge in [0.1, 0.15) is 0 Å². The number of nitrogens with one attached hydrogen (secondary N) is 1. The SMILES string of the molecule is COc1cc(C=Nn2c(-c3ccncc3)n[nH]c2=S)cc(OC)c1OC(C)=O. The van der Waals surface area contributed by atoms with Crippen molar-refractivity contribution in [3.63, 3.8) is 0 Å². The molecule has 0 fully saturated rings. The van der Waals surface area contributed by atoms with Gasteiger partial charge in [-0.1, -0.05) is 0 Å². The van der Waals surface area contributed by atoms with Crippen molar-refractivity contribution in [2.24, 2.45) is 5.10 Å². The number of esters is 1. The van der Waals surface area contributed by atoms with E-state index in [1.54, 1.807) is 42.9 Å². The topological polar surface area (TPSA) is 104 Å². The van der Waals surface area contributed by atoms with E-state index in [4.69, 9.17) is 26.4 Å². The van der Waals surface area contributed by atoms with Gasteiger partial charge in [-0.25, -0.2) is 5.10 Å². The van der Waals surface area contributed by atoms with Gasteiger partial charge in [-0.2, -0.15) is 14.9 Å². The van der Waals surface area contributed by atoms with Crippen LogP contribution >= 0.6 is 12.2 Å². The Morgan fingerprint density at radius 2 is 1.86 bits per heavy atom. The van der Waals surface area contributed by atoms with Crippen LogP contribution < -0.4 is 14.2 Å². The summed E-state index contributed by atoms with van der Waals surface area (Å²) >= 11 is 5.26. The fourth-order valence-corrected chi connectivity index (χ4v) is 2.61. The Hall–Kier alpha value is -3.53. The maximum Gasteiger partial charge on any atom is 0.308 e. The first kappa shape index (κ1) is 19.2. The third-order valence-electron chi connectivity index (χ3n) is 3.64. The predicted molar refractivity (Wildman–Crippen MR) is 104 cm³/mol. The molecule has 2 heterocycles. The molecule has 3 rings (SSSR count). The zero-order valence-corrected chi connectivity index (χ0v) is 16.2. The number of carbonyl (C=O) groups is 1. The van der Waals surface area contributed by atoms with Gasteiger partial charge in [0, 0.05) is 30.4 Å². The standard InChI is InChI=1S/C18H17N5O4S/c1-11(24)27-16-14(25-2)8-12(9-15(16)26-3)10-20-23-17(21-22-18(23)28)13-4-6-19-7-5-13/h4-10H,1-3H3,(H,22,28). The molecule has 0 aliphatic carbocycles. The molecule has 0 radical (unpaired) electrons. The van der Waals surface area contributed by atoms with Crippen LogP contribution in [-0.2, 0) is 4.79 Å². The second-order valence-corrected chi connectivity index (χ2v) is 5.88. The first-order valence-electron chi connectivity index (χ1n) is 8.10. The lowest BCUT2D eigenvalue weighted by Gasteiger charge is -2.13. The fourth-order valence-electron chi connectivity index (χ4n) is 2.43. The van der Waals surface area contributed by atoms with Gasteiger partial charge in [0.25, 0.3) is 0 Å². The highest BCUT2D eigenvalue weighted by atomic mass is 32.1. The van der Waals surface area contributed by atoms with Crippen LogP contribution in [0.2, 0.25) is 0 Å². The molecular formula is C18H17N5O4S. The molecule has 0 atom stereocenters. The van der Waals surface area contributed by atoms with Gasteiger partial charge in [-0.05, 0) is 36.5 Å². The van der Waals surface area contributed by atoms with Crippen molar-refractivity contribution in [1.29, 1.82) is 0 Å². The normalized spacial score (nSPS) is 10.8. The number of rotatable bonds is 6. The molecule has 0 saturated heterocycles. The van der Waals surface area contributed by atoms with Gasteiger partial charge < -0.3 is 14.2 Å². The van der Waals surface area contributed by atoms with E-state index >= 15 is 0 Å². The highest BCUT2D eigenvalue weighted by Gasteiger charge is 2.16. The molecule has 0 aliphatic heterocycles. The lowest BCUT2D eigenvalue weighted by Crippen LogP contribution is -2.05. The van der Waals surface area contributed by atoms with E-state index in [1.165, 1.54) is 25.8 Å². The Labute approximate surface area is 165 Å². The summed E-state index contributed by atoms with van der Waals surface area (Å²) in [5.41, 5.74) is 1.45. The van der Waals surface area contributed by atoms with Crippen molar-refractivity contribution >= 4 is 24.4 Å². The number of ether oxygens (including phenoxy) is 3. The Morgan fingerprint density at radius 3 is 2.43 bits per heavy atom. The summed E-state index contributed by atoms with van der Waals surface area (Å²) in [6.45, 7) is 1.30. The Bertz CT molecular complexity index is 1050. The summed E-state index contributed by atoms with van der Waals surface area (Å²) in [6, 6.07) is 6.94. The molecule has 3 aromatic rings. The molecule has 1 N–H and O–H groups in total. The maximum absolute atomic E-state index is 11.3. The van der Waals surface area contributed by atoms with E-state index in [2.05, 4.69) is 20.3 Å². The minimum atomic E-state index is -0.482. The summed E-state index contributed by atoms with van der Waals surface area (Å²) in [6.07, 6.45) is 4.88. The zero-order chi connectivity index (χ0) is 20.1. The quantitative estimate of drug-likeness (QED) is 0.294. The molecule has 0 bridgehead atoms. The average molecular weight is 399 g/mol. The van der Waals surface area contributed by atoms with Crippen LogP contribution in [0, 0.1) is 4.77 Å². The van der Waals surface area contributed by atoms with Crippen molar-refractivity contribution in [3.8, 4) is 28.6 Å². The number of methoxy groups -OCH3 is 2. The summed E-state index contributed by atoms with van der Waals surface area (Å²) in [5.74, 6) is 0.929. The van der Waals surface area contributed by atoms with Crippen molar-refractivity contribution in [1.82, 2.24) is 19.9 Å². The van der Waals surface area contributed by atoms with Crippen molar-refractivity contribution in [3.05, 3.63) is 47.0 Å². The zero-order valence-electron chi connectivity index (χ0n) is 15.4. The van der Waals surface area contributed by atoms with Crippen molar-refractivity contribution < 1.29 is 19.0 Å². The van der Waals surface area contributed by atoms with E-state index in [9.17, 15) is 4.79 Å². The van der Waals surface area contributed by atoms with E-state index in [-0.39, 0.29) is 5.75 Å². The lowest BCUT2D eigenvalue weighted by atomic mass is 10.2. The van der Waals surface area contributed by atoms with Gasteiger partial charge in [-0.15, -0.1) is 0 Å². The molecule has 144 valence electrons. The Balaban J connectivity index is 2.01. The summed E-state index contributed by atoms with van der Waals surface area (Å²) in [5, 5.41) is 11.3. The average Bonchev–Trinajstić information content (AvgIpc) is 3.07. The largest absolute Gasteiger partial charge is 0.493 e. The molecule has 0 aliphatic rings. The number of hydrogen-bond acceptors (Lipinski definition) is 8. The second kappa shape index (κ2) is 8.44. The number of pyridine rings is 1. The monoisotopic (exact) mass is 399 g/mol. The molecule has 9 nitrogen and oxygen atoms in total. The van der Waals surface area contributed by atoms with Crippen LogP contribution in [0.1, 0.15) is 12.5 Å². The third kappa shape index (κ3) is 4.07. The predicted octanol–water partition coefficient (Wildman–Crippen LogP) is 2.83. The molecule has 0 spiro atoms. The van der Waals surface area contributed by atoms with E-state index < -0.39 is 5.97 Å². The van der Waals surface area contributed by atoms with Gasteiger partial charge >= 0.3 is 5.97 Å². The Morgan fingerprint density at radius 1 is 1.21 bits per heavy atom. The molecule has 10 heteroatoms. The maximum atomic E-state index is 11.3. The van der Waals surface area contributed by atoms with Crippen molar-refractivity contribution in [2.45, 2.75) is 6.92 Å². The van der Waals surface area contributed by atoms with Crippen LogP contribution in [0.3, 0.4) is 0 Å². The number of aromatic amines is 1.